The molecule has 3 nitrogen and oxygen atoms in total. The Hall–Kier alpha value is -2.29. The summed E-state index contributed by atoms with van der Waals surface area (Å²) in [6.45, 7) is 1.90. The lowest BCUT2D eigenvalue weighted by Crippen LogP contribution is -2.18. The first-order chi connectivity index (χ1) is 9.20. The lowest BCUT2D eigenvalue weighted by Gasteiger charge is -2.12. The Morgan fingerprint density at radius 1 is 1.05 bits per heavy atom. The SMILES string of the molecule is COc1ccc(NC(=O)[C@H](C)c2ccccc2)cc1. The molecule has 2 aromatic rings. The summed E-state index contributed by atoms with van der Waals surface area (Å²) in [6, 6.07) is 17.0. The average molecular weight is 255 g/mol. The summed E-state index contributed by atoms with van der Waals surface area (Å²) >= 11 is 0. The molecule has 2 rings (SSSR count). The van der Waals surface area contributed by atoms with E-state index in [9.17, 15) is 4.79 Å². The monoisotopic (exact) mass is 255 g/mol. The molecule has 0 aliphatic heterocycles. The lowest BCUT2D eigenvalue weighted by atomic mass is 10.0. The Kier molecular flexibility index (Phi) is 4.18. The third-order valence-corrected chi connectivity index (χ3v) is 3.05. The van der Waals surface area contributed by atoms with E-state index in [1.807, 2.05) is 61.5 Å². The van der Waals surface area contributed by atoms with Gasteiger partial charge in [-0.05, 0) is 36.8 Å². The van der Waals surface area contributed by atoms with E-state index in [0.717, 1.165) is 17.0 Å². The van der Waals surface area contributed by atoms with Crippen molar-refractivity contribution >= 4 is 11.6 Å². The van der Waals surface area contributed by atoms with Gasteiger partial charge in [-0.3, -0.25) is 4.79 Å². The average Bonchev–Trinajstić information content (AvgIpc) is 2.48. The maximum atomic E-state index is 12.1. The van der Waals surface area contributed by atoms with Gasteiger partial charge in [-0.1, -0.05) is 30.3 Å². The van der Waals surface area contributed by atoms with Crippen LogP contribution in [0.15, 0.2) is 54.6 Å². The molecule has 0 unspecified atom stereocenters. The van der Waals surface area contributed by atoms with Crippen LogP contribution in [-0.2, 0) is 4.79 Å². The van der Waals surface area contributed by atoms with Crippen molar-refractivity contribution in [1.82, 2.24) is 0 Å². The first-order valence-electron chi connectivity index (χ1n) is 6.20. The molecule has 1 atom stereocenters. The van der Waals surface area contributed by atoms with Crippen LogP contribution in [0.5, 0.6) is 5.75 Å². The molecule has 0 heterocycles. The Balaban J connectivity index is 2.04. The zero-order valence-corrected chi connectivity index (χ0v) is 11.1. The predicted molar refractivity (Wildman–Crippen MR) is 76.5 cm³/mol. The van der Waals surface area contributed by atoms with Crippen LogP contribution in [0.2, 0.25) is 0 Å². The number of hydrogen-bond acceptors (Lipinski definition) is 2. The molecular formula is C16H17NO2. The number of rotatable bonds is 4. The molecule has 0 saturated carbocycles. The second-order valence-electron chi connectivity index (χ2n) is 4.35. The molecule has 2 aromatic carbocycles. The topological polar surface area (TPSA) is 38.3 Å². The molecule has 0 bridgehead atoms. The second-order valence-corrected chi connectivity index (χ2v) is 4.35. The van der Waals surface area contributed by atoms with Crippen LogP contribution in [0.3, 0.4) is 0 Å². The molecule has 0 radical (unpaired) electrons. The van der Waals surface area contributed by atoms with Crippen LogP contribution in [0.1, 0.15) is 18.4 Å². The zero-order chi connectivity index (χ0) is 13.7. The van der Waals surface area contributed by atoms with Crippen LogP contribution < -0.4 is 10.1 Å². The summed E-state index contributed by atoms with van der Waals surface area (Å²) in [4.78, 5) is 12.1. The maximum Gasteiger partial charge on any atom is 0.231 e. The molecule has 19 heavy (non-hydrogen) atoms. The summed E-state index contributed by atoms with van der Waals surface area (Å²) < 4.78 is 5.08. The Labute approximate surface area is 113 Å². The number of amides is 1. The van der Waals surface area contributed by atoms with Crippen molar-refractivity contribution in [3.63, 3.8) is 0 Å². The number of methoxy groups -OCH3 is 1. The van der Waals surface area contributed by atoms with Crippen molar-refractivity contribution in [1.29, 1.82) is 0 Å². The van der Waals surface area contributed by atoms with Gasteiger partial charge in [-0.15, -0.1) is 0 Å². The fourth-order valence-corrected chi connectivity index (χ4v) is 1.82. The van der Waals surface area contributed by atoms with E-state index in [1.54, 1.807) is 7.11 Å². The van der Waals surface area contributed by atoms with E-state index < -0.39 is 0 Å². The minimum Gasteiger partial charge on any atom is -0.497 e. The Bertz CT molecular complexity index is 534. The van der Waals surface area contributed by atoms with Gasteiger partial charge in [-0.25, -0.2) is 0 Å². The highest BCUT2D eigenvalue weighted by Crippen LogP contribution is 2.19. The molecule has 0 fully saturated rings. The summed E-state index contributed by atoms with van der Waals surface area (Å²) in [6.07, 6.45) is 0. The third-order valence-electron chi connectivity index (χ3n) is 3.05. The van der Waals surface area contributed by atoms with Gasteiger partial charge >= 0.3 is 0 Å². The van der Waals surface area contributed by atoms with Gasteiger partial charge in [-0.2, -0.15) is 0 Å². The third kappa shape index (κ3) is 3.35. The van der Waals surface area contributed by atoms with E-state index in [-0.39, 0.29) is 11.8 Å². The van der Waals surface area contributed by atoms with Gasteiger partial charge in [0.2, 0.25) is 5.91 Å². The Morgan fingerprint density at radius 3 is 2.26 bits per heavy atom. The van der Waals surface area contributed by atoms with Gasteiger partial charge in [0.15, 0.2) is 0 Å². The van der Waals surface area contributed by atoms with Gasteiger partial charge in [0.1, 0.15) is 5.75 Å². The lowest BCUT2D eigenvalue weighted by molar-refractivity contribution is -0.117. The number of nitrogens with one attached hydrogen (secondary N) is 1. The number of carbonyl (C=O) groups is 1. The zero-order valence-electron chi connectivity index (χ0n) is 11.1. The number of benzene rings is 2. The molecule has 0 aliphatic rings. The minimum atomic E-state index is -0.177. The van der Waals surface area contributed by atoms with Gasteiger partial charge in [0.25, 0.3) is 0 Å². The Morgan fingerprint density at radius 2 is 1.68 bits per heavy atom. The second kappa shape index (κ2) is 6.05. The summed E-state index contributed by atoms with van der Waals surface area (Å²) in [5.41, 5.74) is 1.78. The van der Waals surface area contributed by atoms with Crippen LogP contribution in [0.4, 0.5) is 5.69 Å². The summed E-state index contributed by atoms with van der Waals surface area (Å²) in [5.74, 6) is 0.578. The van der Waals surface area contributed by atoms with E-state index in [4.69, 9.17) is 4.74 Å². The maximum absolute atomic E-state index is 12.1. The quantitative estimate of drug-likeness (QED) is 0.908. The van der Waals surface area contributed by atoms with Gasteiger partial charge < -0.3 is 10.1 Å². The van der Waals surface area contributed by atoms with Crippen molar-refractivity contribution in [3.8, 4) is 5.75 Å². The molecular weight excluding hydrogens is 238 g/mol. The number of hydrogen-bond donors (Lipinski definition) is 1. The van der Waals surface area contributed by atoms with Crippen LogP contribution in [-0.4, -0.2) is 13.0 Å². The molecule has 98 valence electrons. The number of anilines is 1. The summed E-state index contributed by atoms with van der Waals surface area (Å²) in [7, 11) is 1.62. The van der Waals surface area contributed by atoms with Crippen molar-refractivity contribution in [2.45, 2.75) is 12.8 Å². The molecule has 1 N–H and O–H groups in total. The van der Waals surface area contributed by atoms with Crippen molar-refractivity contribution in [2.24, 2.45) is 0 Å². The highest BCUT2D eigenvalue weighted by Gasteiger charge is 2.14. The van der Waals surface area contributed by atoms with E-state index in [2.05, 4.69) is 5.32 Å². The van der Waals surface area contributed by atoms with Crippen molar-refractivity contribution in [3.05, 3.63) is 60.2 Å². The van der Waals surface area contributed by atoms with E-state index >= 15 is 0 Å². The smallest absolute Gasteiger partial charge is 0.231 e. The molecule has 0 aliphatic carbocycles. The number of ether oxygens (including phenoxy) is 1. The molecule has 0 saturated heterocycles. The van der Waals surface area contributed by atoms with Gasteiger partial charge in [0, 0.05) is 5.69 Å². The number of carbonyl (C=O) groups excluding carboxylic acids is 1. The normalized spacial score (nSPS) is 11.7. The minimum absolute atomic E-state index is 0.0173. The van der Waals surface area contributed by atoms with Crippen molar-refractivity contribution < 1.29 is 9.53 Å². The van der Waals surface area contributed by atoms with E-state index in [0.29, 0.717) is 0 Å². The van der Waals surface area contributed by atoms with Gasteiger partial charge in [0.05, 0.1) is 13.0 Å². The summed E-state index contributed by atoms with van der Waals surface area (Å²) in [5, 5.41) is 2.90. The highest BCUT2D eigenvalue weighted by atomic mass is 16.5. The van der Waals surface area contributed by atoms with Crippen molar-refractivity contribution in [2.75, 3.05) is 12.4 Å². The van der Waals surface area contributed by atoms with Crippen LogP contribution in [0.25, 0.3) is 0 Å². The molecule has 1 amide bonds. The molecule has 3 heteroatoms. The fourth-order valence-electron chi connectivity index (χ4n) is 1.82. The largest absolute Gasteiger partial charge is 0.497 e. The molecule has 0 spiro atoms. The van der Waals surface area contributed by atoms with E-state index in [1.165, 1.54) is 0 Å². The van der Waals surface area contributed by atoms with Crippen LogP contribution in [0, 0.1) is 0 Å². The first kappa shape index (κ1) is 13.1. The fraction of sp³-hybridized carbons (Fsp3) is 0.188. The predicted octanol–water partition coefficient (Wildman–Crippen LogP) is 3.44. The highest BCUT2D eigenvalue weighted by molar-refractivity contribution is 5.95. The van der Waals surface area contributed by atoms with Crippen LogP contribution >= 0.6 is 0 Å². The standard InChI is InChI=1S/C16H17NO2/c1-12(13-6-4-3-5-7-13)16(18)17-14-8-10-15(19-2)11-9-14/h3-12H,1-2H3,(H,17,18)/t12-/m1/s1. The first-order valence-corrected chi connectivity index (χ1v) is 6.20. The molecule has 0 aromatic heterocycles.